The number of ether oxygens (including phenoxy) is 2. The van der Waals surface area contributed by atoms with Crippen molar-refractivity contribution in [3.05, 3.63) is 59.3 Å². The highest BCUT2D eigenvalue weighted by molar-refractivity contribution is 5.98. The normalized spacial score (nSPS) is 18.6. The molecule has 36 heavy (non-hydrogen) atoms. The van der Waals surface area contributed by atoms with E-state index in [1.165, 1.54) is 0 Å². The van der Waals surface area contributed by atoms with Crippen molar-refractivity contribution in [1.29, 1.82) is 0 Å². The molecule has 0 aliphatic carbocycles. The molecule has 0 saturated carbocycles. The Bertz CT molecular complexity index is 1130. The molecule has 2 aromatic rings. The van der Waals surface area contributed by atoms with Crippen LogP contribution >= 0.6 is 0 Å². The first-order chi connectivity index (χ1) is 17.5. The first-order valence-corrected chi connectivity index (χ1v) is 12.6. The molecule has 192 valence electrons. The molecule has 3 amide bonds. The van der Waals surface area contributed by atoms with Gasteiger partial charge in [-0.15, -0.1) is 0 Å². The van der Waals surface area contributed by atoms with E-state index in [0.717, 1.165) is 16.3 Å². The van der Waals surface area contributed by atoms with Crippen LogP contribution in [0.1, 0.15) is 31.7 Å². The van der Waals surface area contributed by atoms with Crippen molar-refractivity contribution < 1.29 is 23.9 Å². The number of nitrogens with one attached hydrogen (secondary N) is 1. The Kier molecular flexibility index (Phi) is 8.72. The summed E-state index contributed by atoms with van der Waals surface area (Å²) in [7, 11) is 1.62. The summed E-state index contributed by atoms with van der Waals surface area (Å²) in [6.45, 7) is 5.25. The maximum atomic E-state index is 13.4. The number of amides is 3. The minimum absolute atomic E-state index is 0.0392. The summed E-state index contributed by atoms with van der Waals surface area (Å²) in [6.07, 6.45) is 0.958. The van der Waals surface area contributed by atoms with Crippen molar-refractivity contribution in [3.63, 3.8) is 0 Å². The Morgan fingerprint density at radius 1 is 1.11 bits per heavy atom. The summed E-state index contributed by atoms with van der Waals surface area (Å²) in [5.74, 6) is -0.955. The van der Waals surface area contributed by atoms with Gasteiger partial charge in [0.15, 0.2) is 0 Å². The summed E-state index contributed by atoms with van der Waals surface area (Å²) in [5, 5.41) is 5.20. The van der Waals surface area contributed by atoms with Gasteiger partial charge in [0, 0.05) is 57.6 Å². The van der Waals surface area contributed by atoms with Crippen LogP contribution in [-0.4, -0.2) is 74.1 Å². The molecule has 2 aliphatic heterocycles. The SMILES string of the molecule is COCCCN1C(=O)C(CC(=O)NCc2cccc3ccccc23)CC(C(=O)N2CCOCC2)=C1C. The lowest BCUT2D eigenvalue weighted by molar-refractivity contribution is -0.139. The van der Waals surface area contributed by atoms with Crippen molar-refractivity contribution in [2.45, 2.75) is 32.7 Å². The lowest BCUT2D eigenvalue weighted by Gasteiger charge is -2.37. The Labute approximate surface area is 212 Å². The summed E-state index contributed by atoms with van der Waals surface area (Å²) in [6, 6.07) is 14.1. The Morgan fingerprint density at radius 2 is 1.86 bits per heavy atom. The predicted molar refractivity (Wildman–Crippen MR) is 137 cm³/mol. The van der Waals surface area contributed by atoms with E-state index in [1.54, 1.807) is 16.9 Å². The van der Waals surface area contributed by atoms with Crippen LogP contribution in [-0.2, 0) is 30.4 Å². The molecule has 2 heterocycles. The van der Waals surface area contributed by atoms with Gasteiger partial charge in [-0.2, -0.15) is 0 Å². The third-order valence-electron chi connectivity index (χ3n) is 6.98. The number of methoxy groups -OCH3 is 1. The van der Waals surface area contributed by atoms with Gasteiger partial charge in [0.1, 0.15) is 0 Å². The molecule has 2 aliphatic rings. The molecule has 1 fully saturated rings. The highest BCUT2D eigenvalue weighted by Crippen LogP contribution is 2.31. The lowest BCUT2D eigenvalue weighted by atomic mass is 9.88. The van der Waals surface area contributed by atoms with Gasteiger partial charge in [-0.3, -0.25) is 14.4 Å². The molecule has 0 spiro atoms. The van der Waals surface area contributed by atoms with Gasteiger partial charge in [0.05, 0.1) is 19.1 Å². The van der Waals surface area contributed by atoms with Crippen LogP contribution in [0.2, 0.25) is 0 Å². The van der Waals surface area contributed by atoms with Crippen molar-refractivity contribution in [2.24, 2.45) is 5.92 Å². The highest BCUT2D eigenvalue weighted by atomic mass is 16.5. The van der Waals surface area contributed by atoms with Gasteiger partial charge < -0.3 is 24.6 Å². The van der Waals surface area contributed by atoms with Gasteiger partial charge in [0.25, 0.3) is 5.91 Å². The van der Waals surface area contributed by atoms with E-state index < -0.39 is 5.92 Å². The number of nitrogens with zero attached hydrogens (tertiary/aromatic N) is 2. The first-order valence-electron chi connectivity index (χ1n) is 12.6. The monoisotopic (exact) mass is 493 g/mol. The Hall–Kier alpha value is -3.23. The average molecular weight is 494 g/mol. The predicted octanol–water partition coefficient (Wildman–Crippen LogP) is 2.86. The molecular formula is C28H35N3O5. The van der Waals surface area contributed by atoms with E-state index in [2.05, 4.69) is 5.32 Å². The molecule has 1 atom stereocenters. The first kappa shape index (κ1) is 25.9. The van der Waals surface area contributed by atoms with E-state index in [-0.39, 0.29) is 30.6 Å². The maximum Gasteiger partial charge on any atom is 0.251 e. The van der Waals surface area contributed by atoms with Gasteiger partial charge >= 0.3 is 0 Å². The number of allylic oxidation sites excluding steroid dienone is 1. The largest absolute Gasteiger partial charge is 0.385 e. The third kappa shape index (κ3) is 5.94. The quantitative estimate of drug-likeness (QED) is 0.543. The highest BCUT2D eigenvalue weighted by Gasteiger charge is 2.37. The molecule has 0 radical (unpaired) electrons. The molecule has 2 aromatic carbocycles. The van der Waals surface area contributed by atoms with Gasteiger partial charge in [-0.1, -0.05) is 42.5 Å². The maximum absolute atomic E-state index is 13.4. The fourth-order valence-electron chi connectivity index (χ4n) is 4.97. The van der Waals surface area contributed by atoms with Gasteiger partial charge in [0.2, 0.25) is 11.8 Å². The van der Waals surface area contributed by atoms with Crippen molar-refractivity contribution in [1.82, 2.24) is 15.1 Å². The minimum Gasteiger partial charge on any atom is -0.385 e. The smallest absolute Gasteiger partial charge is 0.251 e. The average Bonchev–Trinajstić information content (AvgIpc) is 2.91. The Balaban J connectivity index is 1.47. The fraction of sp³-hybridized carbons (Fsp3) is 0.464. The van der Waals surface area contributed by atoms with Crippen LogP contribution in [0, 0.1) is 5.92 Å². The van der Waals surface area contributed by atoms with E-state index in [0.29, 0.717) is 63.7 Å². The second-order valence-electron chi connectivity index (χ2n) is 9.32. The molecule has 8 nitrogen and oxygen atoms in total. The number of rotatable bonds is 9. The molecule has 1 saturated heterocycles. The molecule has 1 unspecified atom stereocenters. The zero-order valence-electron chi connectivity index (χ0n) is 21.1. The molecule has 0 aromatic heterocycles. The van der Waals surface area contributed by atoms with E-state index in [1.807, 2.05) is 49.4 Å². The molecule has 0 bridgehead atoms. The summed E-state index contributed by atoms with van der Waals surface area (Å²) < 4.78 is 10.6. The summed E-state index contributed by atoms with van der Waals surface area (Å²) in [5.41, 5.74) is 2.32. The molecule has 4 rings (SSSR count). The Morgan fingerprint density at radius 3 is 2.64 bits per heavy atom. The van der Waals surface area contributed by atoms with Crippen LogP contribution in [0.3, 0.4) is 0 Å². The standard InChI is InChI=1S/C28H35N3O5/c1-20-25(28(34)30-12-15-36-16-13-30)17-23(27(33)31(20)11-6-14-35-2)18-26(32)29-19-22-9-5-8-21-7-3-4-10-24(21)22/h3-5,7-10,23H,6,11-19H2,1-2H3,(H,29,32). The van der Waals surface area contributed by atoms with Crippen LogP contribution < -0.4 is 5.32 Å². The zero-order valence-corrected chi connectivity index (χ0v) is 21.1. The number of fused-ring (bicyclic) bond motifs is 1. The summed E-state index contributed by atoms with van der Waals surface area (Å²) in [4.78, 5) is 43.2. The van der Waals surface area contributed by atoms with Crippen LogP contribution in [0.15, 0.2) is 53.7 Å². The second kappa shape index (κ2) is 12.1. The number of hydrogen-bond acceptors (Lipinski definition) is 5. The van der Waals surface area contributed by atoms with Gasteiger partial charge in [-0.25, -0.2) is 0 Å². The number of morpholine rings is 1. The third-order valence-corrected chi connectivity index (χ3v) is 6.98. The second-order valence-corrected chi connectivity index (χ2v) is 9.32. The number of carbonyl (C=O) groups excluding carboxylic acids is 3. The van der Waals surface area contributed by atoms with Crippen LogP contribution in [0.25, 0.3) is 10.8 Å². The fourth-order valence-corrected chi connectivity index (χ4v) is 4.97. The van der Waals surface area contributed by atoms with Gasteiger partial charge in [-0.05, 0) is 36.1 Å². The van der Waals surface area contributed by atoms with Crippen molar-refractivity contribution in [2.75, 3.05) is 46.6 Å². The van der Waals surface area contributed by atoms with Crippen LogP contribution in [0.4, 0.5) is 0 Å². The molecule has 1 N–H and O–H groups in total. The van der Waals surface area contributed by atoms with Crippen LogP contribution in [0.5, 0.6) is 0 Å². The number of benzene rings is 2. The van der Waals surface area contributed by atoms with E-state index >= 15 is 0 Å². The molecular weight excluding hydrogens is 458 g/mol. The summed E-state index contributed by atoms with van der Waals surface area (Å²) >= 11 is 0. The molecule has 8 heteroatoms. The van der Waals surface area contributed by atoms with Crippen molar-refractivity contribution >= 4 is 28.5 Å². The number of carbonyl (C=O) groups is 3. The topological polar surface area (TPSA) is 88.2 Å². The number of hydrogen-bond donors (Lipinski definition) is 1. The minimum atomic E-state index is -0.580. The van der Waals surface area contributed by atoms with Crippen molar-refractivity contribution in [3.8, 4) is 0 Å². The van der Waals surface area contributed by atoms with E-state index in [4.69, 9.17) is 9.47 Å². The van der Waals surface area contributed by atoms with E-state index in [9.17, 15) is 14.4 Å². The zero-order chi connectivity index (χ0) is 25.5. The lowest BCUT2D eigenvalue weighted by Crippen LogP contribution is -2.47.